The summed E-state index contributed by atoms with van der Waals surface area (Å²) in [5.41, 5.74) is 2.03. The van der Waals surface area contributed by atoms with Gasteiger partial charge in [-0.2, -0.15) is 0 Å². The van der Waals surface area contributed by atoms with Crippen LogP contribution in [-0.4, -0.2) is 26.2 Å². The number of hydrogen-bond acceptors (Lipinski definition) is 4. The zero-order valence-corrected chi connectivity index (χ0v) is 10.0. The molecule has 17 heavy (non-hydrogen) atoms. The fraction of sp³-hybridized carbons (Fsp3) is 0.231. The summed E-state index contributed by atoms with van der Waals surface area (Å²) in [5.74, 6) is -0.906. The number of esters is 2. The first-order valence-corrected chi connectivity index (χ1v) is 5.03. The molecule has 0 saturated carbocycles. The van der Waals surface area contributed by atoms with Gasteiger partial charge in [0.2, 0.25) is 0 Å². The quantitative estimate of drug-likeness (QED) is 0.592. The van der Waals surface area contributed by atoms with Crippen molar-refractivity contribution in [3.63, 3.8) is 0 Å². The van der Waals surface area contributed by atoms with Gasteiger partial charge in [-0.1, -0.05) is 17.7 Å². The second kappa shape index (κ2) is 5.84. The Morgan fingerprint density at radius 2 is 1.88 bits per heavy atom. The molecule has 1 aromatic rings. The van der Waals surface area contributed by atoms with Crippen LogP contribution in [-0.2, 0) is 14.3 Å². The van der Waals surface area contributed by atoms with Crippen molar-refractivity contribution >= 4 is 18.0 Å². The Labute approximate surface area is 99.8 Å². The van der Waals surface area contributed by atoms with Gasteiger partial charge in [0, 0.05) is 6.08 Å². The maximum Gasteiger partial charge on any atom is 0.338 e. The summed E-state index contributed by atoms with van der Waals surface area (Å²) in [5, 5.41) is 0. The Bertz CT molecular complexity index is 460. The van der Waals surface area contributed by atoms with E-state index in [2.05, 4.69) is 9.47 Å². The summed E-state index contributed by atoms with van der Waals surface area (Å²) >= 11 is 0. The van der Waals surface area contributed by atoms with Crippen LogP contribution in [0.3, 0.4) is 0 Å². The van der Waals surface area contributed by atoms with Gasteiger partial charge in [0.05, 0.1) is 19.8 Å². The average molecular weight is 234 g/mol. The van der Waals surface area contributed by atoms with Crippen LogP contribution in [0.15, 0.2) is 24.3 Å². The minimum Gasteiger partial charge on any atom is -0.466 e. The van der Waals surface area contributed by atoms with Crippen molar-refractivity contribution in [2.24, 2.45) is 0 Å². The maximum absolute atomic E-state index is 11.5. The zero-order chi connectivity index (χ0) is 12.8. The Balaban J connectivity index is 3.11. The van der Waals surface area contributed by atoms with Gasteiger partial charge in [-0.15, -0.1) is 0 Å². The molecule has 0 radical (unpaired) electrons. The molecule has 0 bridgehead atoms. The topological polar surface area (TPSA) is 52.6 Å². The number of benzene rings is 1. The number of hydrogen-bond donors (Lipinski definition) is 0. The molecule has 1 aromatic carbocycles. The first kappa shape index (κ1) is 13.0. The van der Waals surface area contributed by atoms with Crippen LogP contribution in [0.4, 0.5) is 0 Å². The van der Waals surface area contributed by atoms with Crippen molar-refractivity contribution in [2.75, 3.05) is 14.2 Å². The first-order valence-electron chi connectivity index (χ1n) is 5.03. The Morgan fingerprint density at radius 3 is 2.47 bits per heavy atom. The normalized spacial score (nSPS) is 10.3. The van der Waals surface area contributed by atoms with Gasteiger partial charge in [-0.3, -0.25) is 0 Å². The summed E-state index contributed by atoms with van der Waals surface area (Å²) in [6.07, 6.45) is 2.80. The van der Waals surface area contributed by atoms with Gasteiger partial charge in [0.15, 0.2) is 0 Å². The SMILES string of the molecule is COC(=O)C=Cc1cc(C)ccc1C(=O)OC. The van der Waals surface area contributed by atoms with E-state index in [1.807, 2.05) is 13.0 Å². The number of aryl methyl sites for hydroxylation is 1. The Morgan fingerprint density at radius 1 is 1.18 bits per heavy atom. The highest BCUT2D eigenvalue weighted by Gasteiger charge is 2.09. The predicted molar refractivity (Wildman–Crippen MR) is 63.6 cm³/mol. The fourth-order valence-electron chi connectivity index (χ4n) is 1.34. The third kappa shape index (κ3) is 3.45. The van der Waals surface area contributed by atoms with E-state index in [-0.39, 0.29) is 0 Å². The van der Waals surface area contributed by atoms with Gasteiger partial charge >= 0.3 is 11.9 Å². The van der Waals surface area contributed by atoms with Gasteiger partial charge in [0.1, 0.15) is 0 Å². The van der Waals surface area contributed by atoms with Crippen LogP contribution >= 0.6 is 0 Å². The third-order valence-corrected chi connectivity index (χ3v) is 2.21. The molecule has 0 fully saturated rings. The van der Waals surface area contributed by atoms with Crippen LogP contribution in [0, 0.1) is 6.92 Å². The molecule has 0 aliphatic heterocycles. The van der Waals surface area contributed by atoms with E-state index < -0.39 is 11.9 Å². The Hall–Kier alpha value is -2.10. The van der Waals surface area contributed by atoms with Crippen LogP contribution in [0.5, 0.6) is 0 Å². The van der Waals surface area contributed by atoms with E-state index in [0.717, 1.165) is 5.56 Å². The second-order valence-electron chi connectivity index (χ2n) is 3.44. The molecule has 4 nitrogen and oxygen atoms in total. The molecule has 90 valence electrons. The van der Waals surface area contributed by atoms with Gasteiger partial charge in [0.25, 0.3) is 0 Å². The van der Waals surface area contributed by atoms with Gasteiger partial charge < -0.3 is 9.47 Å². The summed E-state index contributed by atoms with van der Waals surface area (Å²) < 4.78 is 9.15. The monoisotopic (exact) mass is 234 g/mol. The molecule has 0 atom stereocenters. The van der Waals surface area contributed by atoms with Crippen LogP contribution in [0.2, 0.25) is 0 Å². The van der Waals surface area contributed by atoms with Crippen LogP contribution in [0.1, 0.15) is 21.5 Å². The van der Waals surface area contributed by atoms with Crippen molar-refractivity contribution < 1.29 is 19.1 Å². The summed E-state index contributed by atoms with van der Waals surface area (Å²) in [6.45, 7) is 1.90. The predicted octanol–water partition coefficient (Wildman–Crippen LogP) is 1.97. The molecule has 0 amide bonds. The molecule has 1 rings (SSSR count). The standard InChI is InChI=1S/C13H14O4/c1-9-4-6-11(13(15)17-3)10(8-9)5-7-12(14)16-2/h4-8H,1-3H3. The van der Waals surface area contributed by atoms with Crippen LogP contribution < -0.4 is 0 Å². The number of ether oxygens (including phenoxy) is 2. The van der Waals surface area contributed by atoms with Gasteiger partial charge in [-0.05, 0) is 24.6 Å². The van der Waals surface area contributed by atoms with Crippen LogP contribution in [0.25, 0.3) is 6.08 Å². The highest BCUT2D eigenvalue weighted by atomic mass is 16.5. The van der Waals surface area contributed by atoms with E-state index in [9.17, 15) is 9.59 Å². The number of rotatable bonds is 3. The van der Waals surface area contributed by atoms with Crippen molar-refractivity contribution in [3.05, 3.63) is 41.0 Å². The van der Waals surface area contributed by atoms with Crippen molar-refractivity contribution in [1.82, 2.24) is 0 Å². The van der Waals surface area contributed by atoms with Crippen molar-refractivity contribution in [2.45, 2.75) is 6.92 Å². The number of carbonyl (C=O) groups excluding carboxylic acids is 2. The lowest BCUT2D eigenvalue weighted by Gasteiger charge is -2.05. The maximum atomic E-state index is 11.5. The molecule has 4 heteroatoms. The molecule has 0 heterocycles. The third-order valence-electron chi connectivity index (χ3n) is 2.21. The molecule has 0 saturated heterocycles. The van der Waals surface area contributed by atoms with E-state index in [1.165, 1.54) is 26.4 Å². The van der Waals surface area contributed by atoms with E-state index in [1.54, 1.807) is 12.1 Å². The molecule has 0 aliphatic carbocycles. The average Bonchev–Trinajstić information content (AvgIpc) is 2.35. The minimum absolute atomic E-state index is 0.415. The lowest BCUT2D eigenvalue weighted by Crippen LogP contribution is -2.04. The largest absolute Gasteiger partial charge is 0.466 e. The van der Waals surface area contributed by atoms with Crippen molar-refractivity contribution in [3.8, 4) is 0 Å². The lowest BCUT2D eigenvalue weighted by molar-refractivity contribution is -0.134. The molecular weight excluding hydrogens is 220 g/mol. The molecular formula is C13H14O4. The molecule has 0 unspecified atom stereocenters. The first-order chi connectivity index (χ1) is 8.08. The fourth-order valence-corrected chi connectivity index (χ4v) is 1.34. The smallest absolute Gasteiger partial charge is 0.338 e. The van der Waals surface area contributed by atoms with Crippen molar-refractivity contribution in [1.29, 1.82) is 0 Å². The minimum atomic E-state index is -0.470. The second-order valence-corrected chi connectivity index (χ2v) is 3.44. The zero-order valence-electron chi connectivity index (χ0n) is 10.0. The summed E-state index contributed by atoms with van der Waals surface area (Å²) in [4.78, 5) is 22.5. The summed E-state index contributed by atoms with van der Waals surface area (Å²) in [6, 6.07) is 5.27. The molecule has 0 spiro atoms. The molecule has 0 aliphatic rings. The number of carbonyl (C=O) groups is 2. The van der Waals surface area contributed by atoms with Gasteiger partial charge in [-0.25, -0.2) is 9.59 Å². The van der Waals surface area contributed by atoms with E-state index in [0.29, 0.717) is 11.1 Å². The summed E-state index contributed by atoms with van der Waals surface area (Å²) in [7, 11) is 2.61. The highest BCUT2D eigenvalue weighted by molar-refractivity contribution is 5.95. The Kier molecular flexibility index (Phi) is 4.46. The van der Waals surface area contributed by atoms with E-state index >= 15 is 0 Å². The lowest BCUT2D eigenvalue weighted by atomic mass is 10.0. The highest BCUT2D eigenvalue weighted by Crippen LogP contribution is 2.14. The molecule has 0 N–H and O–H groups in total. The molecule has 0 aromatic heterocycles. The van der Waals surface area contributed by atoms with E-state index in [4.69, 9.17) is 0 Å². The number of methoxy groups -OCH3 is 2.